The third-order valence-corrected chi connectivity index (χ3v) is 8.50. The molecule has 1 aromatic carbocycles. The molecule has 10 nitrogen and oxygen atoms in total. The van der Waals surface area contributed by atoms with Crippen molar-refractivity contribution in [2.75, 3.05) is 26.2 Å². The van der Waals surface area contributed by atoms with Crippen molar-refractivity contribution in [1.82, 2.24) is 19.2 Å². The van der Waals surface area contributed by atoms with Crippen LogP contribution in [0.3, 0.4) is 0 Å². The first-order chi connectivity index (χ1) is 15.2. The molecule has 3 heterocycles. The number of aryl methyl sites for hydroxylation is 1. The summed E-state index contributed by atoms with van der Waals surface area (Å²) in [6.45, 7) is 5.20. The summed E-state index contributed by atoms with van der Waals surface area (Å²) in [5.41, 5.74) is 2.00. The number of fused-ring (bicyclic) bond motifs is 1. The zero-order valence-electron chi connectivity index (χ0n) is 17.4. The first-order valence-corrected chi connectivity index (χ1v) is 12.2. The van der Waals surface area contributed by atoms with E-state index < -0.39 is 22.0 Å². The van der Waals surface area contributed by atoms with E-state index >= 15 is 0 Å². The normalized spacial score (nSPS) is 15.3. The first kappa shape index (κ1) is 23.9. The van der Waals surface area contributed by atoms with Crippen molar-refractivity contribution in [1.29, 1.82) is 0 Å². The number of sulfonamides is 1. The van der Waals surface area contributed by atoms with Crippen LogP contribution in [0.2, 0.25) is 0 Å². The maximum Gasteiger partial charge on any atom is 0.414 e. The number of hydrogen-bond donors (Lipinski definition) is 3. The van der Waals surface area contributed by atoms with E-state index in [0.717, 1.165) is 28.2 Å². The Morgan fingerprint density at radius 3 is 2.28 bits per heavy atom. The van der Waals surface area contributed by atoms with E-state index in [-0.39, 0.29) is 0 Å². The molecule has 4 rings (SSSR count). The summed E-state index contributed by atoms with van der Waals surface area (Å²) in [5, 5.41) is 14.8. The predicted octanol–water partition coefficient (Wildman–Crippen LogP) is 1.85. The summed E-state index contributed by atoms with van der Waals surface area (Å²) in [6, 6.07) is 11.6. The topological polar surface area (TPSA) is 144 Å². The zero-order valence-corrected chi connectivity index (χ0v) is 19.0. The standard InChI is InChI=1S/C18H22N4O2S2.C2H2O4/c1-2-14-7-8-18(25-14)26(23,24)22-11-9-21(10-12-22)13-17-19-15-5-3-4-6-16(15)20-17;3-1(4)2(5)6/h3-8H,2,9-13H2,1H3,(H,19,20);(H,3,4)(H,5,6). The van der Waals surface area contributed by atoms with Crippen LogP contribution in [0, 0.1) is 0 Å². The van der Waals surface area contributed by atoms with Crippen molar-refractivity contribution in [3.05, 3.63) is 47.1 Å². The molecule has 2 aromatic heterocycles. The predicted molar refractivity (Wildman–Crippen MR) is 119 cm³/mol. The molecule has 1 aliphatic heterocycles. The van der Waals surface area contributed by atoms with Gasteiger partial charge in [0.1, 0.15) is 10.0 Å². The Morgan fingerprint density at radius 2 is 1.72 bits per heavy atom. The summed E-state index contributed by atoms with van der Waals surface area (Å²) in [7, 11) is -3.37. The number of H-pyrrole nitrogens is 1. The number of carbonyl (C=O) groups is 2. The molecule has 0 atom stereocenters. The molecular formula is C20H24N4O6S2. The molecule has 1 saturated heterocycles. The minimum atomic E-state index is -3.37. The number of nitrogens with zero attached hydrogens (tertiary/aromatic N) is 3. The first-order valence-electron chi connectivity index (χ1n) is 9.91. The van der Waals surface area contributed by atoms with Gasteiger partial charge in [-0.05, 0) is 30.7 Å². The largest absolute Gasteiger partial charge is 0.473 e. The molecule has 0 bridgehead atoms. The molecule has 0 radical (unpaired) electrons. The molecule has 0 amide bonds. The fourth-order valence-corrected chi connectivity index (χ4v) is 6.11. The van der Waals surface area contributed by atoms with Gasteiger partial charge in [0.05, 0.1) is 17.6 Å². The Hall–Kier alpha value is -2.80. The number of nitrogens with one attached hydrogen (secondary N) is 1. The number of carboxylic acids is 2. The van der Waals surface area contributed by atoms with E-state index in [2.05, 4.69) is 14.9 Å². The van der Waals surface area contributed by atoms with Crippen molar-refractivity contribution in [3.63, 3.8) is 0 Å². The van der Waals surface area contributed by atoms with Gasteiger partial charge in [0, 0.05) is 31.1 Å². The van der Waals surface area contributed by atoms with Crippen LogP contribution in [0.4, 0.5) is 0 Å². The van der Waals surface area contributed by atoms with Crippen molar-refractivity contribution < 1.29 is 28.2 Å². The zero-order chi connectivity index (χ0) is 23.3. The summed E-state index contributed by atoms with van der Waals surface area (Å²) in [5.74, 6) is -2.72. The third kappa shape index (κ3) is 5.71. The number of aromatic nitrogens is 2. The van der Waals surface area contributed by atoms with Gasteiger partial charge in [0.15, 0.2) is 0 Å². The Labute approximate surface area is 189 Å². The monoisotopic (exact) mass is 480 g/mol. The van der Waals surface area contributed by atoms with Gasteiger partial charge in [0.2, 0.25) is 0 Å². The molecule has 172 valence electrons. The lowest BCUT2D eigenvalue weighted by molar-refractivity contribution is -0.159. The lowest BCUT2D eigenvalue weighted by atomic mass is 10.3. The van der Waals surface area contributed by atoms with E-state index in [9.17, 15) is 8.42 Å². The van der Waals surface area contributed by atoms with Crippen LogP contribution < -0.4 is 0 Å². The van der Waals surface area contributed by atoms with Crippen LogP contribution in [0.15, 0.2) is 40.6 Å². The minimum Gasteiger partial charge on any atom is -0.473 e. The number of rotatable bonds is 5. The highest BCUT2D eigenvalue weighted by Gasteiger charge is 2.29. The summed E-state index contributed by atoms with van der Waals surface area (Å²) in [6.07, 6.45) is 0.867. The second-order valence-corrected chi connectivity index (χ2v) is 10.4. The van der Waals surface area contributed by atoms with Gasteiger partial charge >= 0.3 is 11.9 Å². The fraction of sp³-hybridized carbons (Fsp3) is 0.350. The lowest BCUT2D eigenvalue weighted by Gasteiger charge is -2.33. The number of aromatic amines is 1. The lowest BCUT2D eigenvalue weighted by Crippen LogP contribution is -2.48. The van der Waals surface area contributed by atoms with Crippen molar-refractivity contribution >= 4 is 44.3 Å². The smallest absolute Gasteiger partial charge is 0.414 e. The molecular weight excluding hydrogens is 456 g/mol. The summed E-state index contributed by atoms with van der Waals surface area (Å²) >= 11 is 1.38. The van der Waals surface area contributed by atoms with Crippen LogP contribution >= 0.6 is 11.3 Å². The second kappa shape index (κ2) is 10.2. The molecule has 0 spiro atoms. The van der Waals surface area contributed by atoms with E-state index in [1.807, 2.05) is 37.3 Å². The molecule has 12 heteroatoms. The molecule has 1 fully saturated rings. The summed E-state index contributed by atoms with van der Waals surface area (Å²) in [4.78, 5) is 29.5. The number of hydrogen-bond acceptors (Lipinski definition) is 7. The molecule has 0 unspecified atom stereocenters. The second-order valence-electron chi connectivity index (χ2n) is 7.07. The third-order valence-electron chi connectivity index (χ3n) is 4.91. The van der Waals surface area contributed by atoms with Crippen LogP contribution in [-0.2, 0) is 32.6 Å². The van der Waals surface area contributed by atoms with Crippen LogP contribution in [0.5, 0.6) is 0 Å². The number of imidazole rings is 1. The Kier molecular flexibility index (Phi) is 7.61. The number of thiophene rings is 1. The Bertz CT molecular complexity index is 1150. The number of carboxylic acid groups (broad SMARTS) is 2. The minimum absolute atomic E-state index is 0.458. The van der Waals surface area contributed by atoms with Crippen LogP contribution in [0.1, 0.15) is 17.6 Å². The molecule has 0 saturated carbocycles. The van der Waals surface area contributed by atoms with E-state index in [1.165, 1.54) is 11.3 Å². The maximum atomic E-state index is 12.8. The van der Waals surface area contributed by atoms with Crippen molar-refractivity contribution in [2.24, 2.45) is 0 Å². The molecule has 3 aromatic rings. The fourth-order valence-electron chi connectivity index (χ4n) is 3.23. The molecule has 3 N–H and O–H groups in total. The van der Waals surface area contributed by atoms with Gasteiger partial charge < -0.3 is 15.2 Å². The van der Waals surface area contributed by atoms with Gasteiger partial charge in [-0.1, -0.05) is 19.1 Å². The number of piperazine rings is 1. The van der Waals surface area contributed by atoms with Gasteiger partial charge in [-0.2, -0.15) is 4.31 Å². The Morgan fingerprint density at radius 1 is 1.06 bits per heavy atom. The highest BCUT2D eigenvalue weighted by atomic mass is 32.2. The average molecular weight is 481 g/mol. The van der Waals surface area contributed by atoms with E-state index in [0.29, 0.717) is 36.9 Å². The Balaban J connectivity index is 0.000000427. The SMILES string of the molecule is CCc1ccc(S(=O)(=O)N2CCN(Cc3nc4ccccc4[nH]3)CC2)s1.O=C(O)C(=O)O. The molecule has 1 aliphatic rings. The highest BCUT2D eigenvalue weighted by Crippen LogP contribution is 2.26. The molecule has 0 aliphatic carbocycles. The highest BCUT2D eigenvalue weighted by molar-refractivity contribution is 7.91. The van der Waals surface area contributed by atoms with Crippen molar-refractivity contribution in [3.8, 4) is 0 Å². The van der Waals surface area contributed by atoms with E-state index in [1.54, 1.807) is 10.4 Å². The van der Waals surface area contributed by atoms with Crippen molar-refractivity contribution in [2.45, 2.75) is 24.1 Å². The van der Waals surface area contributed by atoms with Crippen LogP contribution in [-0.4, -0.2) is 75.9 Å². The van der Waals surface area contributed by atoms with Crippen LogP contribution in [0.25, 0.3) is 11.0 Å². The van der Waals surface area contributed by atoms with Gasteiger partial charge in [-0.3, -0.25) is 4.90 Å². The number of aliphatic carboxylic acids is 2. The average Bonchev–Trinajstić information content (AvgIpc) is 3.41. The molecule has 32 heavy (non-hydrogen) atoms. The number of benzene rings is 1. The number of para-hydroxylation sites is 2. The van der Waals surface area contributed by atoms with E-state index in [4.69, 9.17) is 19.8 Å². The maximum absolute atomic E-state index is 12.8. The van der Waals surface area contributed by atoms with Gasteiger partial charge in [0.25, 0.3) is 10.0 Å². The summed E-state index contributed by atoms with van der Waals surface area (Å²) < 4.78 is 27.7. The quantitative estimate of drug-likeness (QED) is 0.469. The van der Waals surface area contributed by atoms with Gasteiger partial charge in [-0.25, -0.2) is 23.0 Å². The van der Waals surface area contributed by atoms with Gasteiger partial charge in [-0.15, -0.1) is 11.3 Å².